The van der Waals surface area contributed by atoms with E-state index in [2.05, 4.69) is 0 Å². The van der Waals surface area contributed by atoms with Crippen molar-refractivity contribution in [2.45, 2.75) is 6.92 Å². The number of carbonyl (C=O) groups excluding carboxylic acids is 1. The molecule has 0 aliphatic rings. The van der Waals surface area contributed by atoms with E-state index in [1.807, 2.05) is 65.6 Å². The van der Waals surface area contributed by atoms with Crippen LogP contribution >= 0.6 is 0 Å². The number of para-hydroxylation sites is 2. The molecule has 0 fully saturated rings. The molecule has 2 aromatic carbocycles. The fourth-order valence-corrected chi connectivity index (χ4v) is 1.68. The highest BCUT2D eigenvalue weighted by atomic mass is 16.1. The fraction of sp³-hybridized carbons (Fsp3) is 0.0625. The van der Waals surface area contributed by atoms with E-state index in [0.717, 1.165) is 11.4 Å². The Bertz CT molecular complexity index is 492. The number of hydrogen-bond donors (Lipinski definition) is 0. The monoisotopic (exact) mass is 237 g/mol. The zero-order valence-electron chi connectivity index (χ0n) is 10.3. The van der Waals surface area contributed by atoms with Gasteiger partial charge in [-0.2, -0.15) is 0 Å². The van der Waals surface area contributed by atoms with E-state index in [1.54, 1.807) is 19.2 Å². The van der Waals surface area contributed by atoms with E-state index < -0.39 is 0 Å². The number of rotatable bonds is 4. The summed E-state index contributed by atoms with van der Waals surface area (Å²) < 4.78 is 0. The predicted molar refractivity (Wildman–Crippen MR) is 74.8 cm³/mol. The Morgan fingerprint density at radius 2 is 1.33 bits per heavy atom. The summed E-state index contributed by atoms with van der Waals surface area (Å²) in [6, 6.07) is 19.9. The van der Waals surface area contributed by atoms with Crippen molar-refractivity contribution in [1.29, 1.82) is 0 Å². The van der Waals surface area contributed by atoms with E-state index in [-0.39, 0.29) is 5.78 Å². The van der Waals surface area contributed by atoms with E-state index in [4.69, 9.17) is 0 Å². The van der Waals surface area contributed by atoms with Gasteiger partial charge in [-0.1, -0.05) is 36.4 Å². The molecule has 2 aromatic rings. The number of ketones is 1. The van der Waals surface area contributed by atoms with Crippen LogP contribution in [-0.4, -0.2) is 5.78 Å². The van der Waals surface area contributed by atoms with Gasteiger partial charge in [0, 0.05) is 17.6 Å². The van der Waals surface area contributed by atoms with Crippen molar-refractivity contribution in [3.63, 3.8) is 0 Å². The summed E-state index contributed by atoms with van der Waals surface area (Å²) >= 11 is 0. The summed E-state index contributed by atoms with van der Waals surface area (Å²) in [5.41, 5.74) is 2.06. The second-order valence-corrected chi connectivity index (χ2v) is 3.97. The minimum Gasteiger partial charge on any atom is -0.317 e. The van der Waals surface area contributed by atoms with Gasteiger partial charge in [0.1, 0.15) is 0 Å². The van der Waals surface area contributed by atoms with Crippen LogP contribution in [0.3, 0.4) is 0 Å². The topological polar surface area (TPSA) is 20.3 Å². The van der Waals surface area contributed by atoms with E-state index in [9.17, 15) is 4.79 Å². The van der Waals surface area contributed by atoms with Gasteiger partial charge in [-0.3, -0.25) is 4.79 Å². The van der Waals surface area contributed by atoms with Crippen LogP contribution < -0.4 is 4.90 Å². The highest BCUT2D eigenvalue weighted by molar-refractivity contribution is 5.88. The Balaban J connectivity index is 2.38. The number of hydrogen-bond acceptors (Lipinski definition) is 2. The quantitative estimate of drug-likeness (QED) is 0.751. The molecule has 2 nitrogen and oxygen atoms in total. The molecular weight excluding hydrogens is 222 g/mol. The Morgan fingerprint density at radius 1 is 0.889 bits per heavy atom. The molecule has 0 heterocycles. The van der Waals surface area contributed by atoms with Crippen molar-refractivity contribution >= 4 is 17.2 Å². The van der Waals surface area contributed by atoms with Gasteiger partial charge in [-0.15, -0.1) is 0 Å². The number of carbonyl (C=O) groups is 1. The third kappa shape index (κ3) is 3.08. The summed E-state index contributed by atoms with van der Waals surface area (Å²) in [4.78, 5) is 13.1. The highest BCUT2D eigenvalue weighted by Gasteiger charge is 2.04. The Kier molecular flexibility index (Phi) is 3.92. The molecule has 90 valence electrons. The Morgan fingerprint density at radius 3 is 1.72 bits per heavy atom. The van der Waals surface area contributed by atoms with Crippen molar-refractivity contribution < 1.29 is 4.79 Å². The first kappa shape index (κ1) is 12.1. The van der Waals surface area contributed by atoms with Crippen LogP contribution in [-0.2, 0) is 4.79 Å². The van der Waals surface area contributed by atoms with Gasteiger partial charge in [-0.25, -0.2) is 0 Å². The molecule has 0 aromatic heterocycles. The van der Waals surface area contributed by atoms with Crippen molar-refractivity contribution in [2.24, 2.45) is 0 Å². The first-order valence-corrected chi connectivity index (χ1v) is 5.85. The molecule has 2 rings (SSSR count). The van der Waals surface area contributed by atoms with Gasteiger partial charge < -0.3 is 4.90 Å². The zero-order valence-corrected chi connectivity index (χ0v) is 10.3. The molecule has 0 radical (unpaired) electrons. The minimum atomic E-state index is 0.0341. The minimum absolute atomic E-state index is 0.0341. The van der Waals surface area contributed by atoms with Gasteiger partial charge >= 0.3 is 0 Å². The maximum absolute atomic E-state index is 11.1. The van der Waals surface area contributed by atoms with Crippen LogP contribution in [0.25, 0.3) is 0 Å². The van der Waals surface area contributed by atoms with Gasteiger partial charge in [0.2, 0.25) is 0 Å². The van der Waals surface area contributed by atoms with Crippen LogP contribution in [0, 0.1) is 0 Å². The molecule has 2 heteroatoms. The number of allylic oxidation sites excluding steroid dienone is 1. The third-order valence-corrected chi connectivity index (χ3v) is 2.53. The summed E-state index contributed by atoms with van der Waals surface area (Å²) in [5.74, 6) is 0.0341. The molecule has 18 heavy (non-hydrogen) atoms. The highest BCUT2D eigenvalue weighted by Crippen LogP contribution is 2.24. The van der Waals surface area contributed by atoms with Crippen molar-refractivity contribution in [3.05, 3.63) is 72.9 Å². The molecule has 0 saturated carbocycles. The Hall–Kier alpha value is -2.35. The van der Waals surface area contributed by atoms with Gasteiger partial charge in [0.25, 0.3) is 0 Å². The lowest BCUT2D eigenvalue weighted by molar-refractivity contribution is -0.112. The summed E-state index contributed by atoms with van der Waals surface area (Å²) in [6.07, 6.45) is 3.37. The van der Waals surface area contributed by atoms with Gasteiger partial charge in [0.05, 0.1) is 0 Å². The lowest BCUT2D eigenvalue weighted by Gasteiger charge is -2.20. The molecule has 0 saturated heterocycles. The van der Waals surface area contributed by atoms with E-state index >= 15 is 0 Å². The smallest absolute Gasteiger partial charge is 0.154 e. The SMILES string of the molecule is CC(=O)/C=C/N(c1ccccc1)c1ccccc1. The largest absolute Gasteiger partial charge is 0.317 e. The van der Waals surface area contributed by atoms with Crippen LogP contribution in [0.2, 0.25) is 0 Å². The first-order chi connectivity index (χ1) is 8.77. The molecule has 0 N–H and O–H groups in total. The molecule has 0 aliphatic carbocycles. The fourth-order valence-electron chi connectivity index (χ4n) is 1.68. The third-order valence-electron chi connectivity index (χ3n) is 2.53. The normalized spacial score (nSPS) is 10.5. The number of anilines is 2. The molecular formula is C16H15NO. The predicted octanol–water partition coefficient (Wildman–Crippen LogP) is 3.93. The standard InChI is InChI=1S/C16H15NO/c1-14(18)12-13-17(15-8-4-2-5-9-15)16-10-6-3-7-11-16/h2-13H,1H3/b13-12+. The average molecular weight is 237 g/mol. The number of nitrogens with zero attached hydrogens (tertiary/aromatic N) is 1. The van der Waals surface area contributed by atoms with Gasteiger partial charge in [0.15, 0.2) is 5.78 Å². The van der Waals surface area contributed by atoms with Crippen molar-refractivity contribution in [2.75, 3.05) is 4.90 Å². The van der Waals surface area contributed by atoms with Gasteiger partial charge in [-0.05, 0) is 37.3 Å². The number of benzene rings is 2. The van der Waals surface area contributed by atoms with Crippen LogP contribution in [0.5, 0.6) is 0 Å². The molecule has 0 amide bonds. The maximum Gasteiger partial charge on any atom is 0.154 e. The Labute approximate surface area is 107 Å². The van der Waals surface area contributed by atoms with E-state index in [1.165, 1.54) is 0 Å². The molecule has 0 unspecified atom stereocenters. The lowest BCUT2D eigenvalue weighted by atomic mass is 10.2. The summed E-state index contributed by atoms with van der Waals surface area (Å²) in [7, 11) is 0. The molecule has 0 spiro atoms. The van der Waals surface area contributed by atoms with Crippen molar-refractivity contribution in [1.82, 2.24) is 0 Å². The van der Waals surface area contributed by atoms with Crippen LogP contribution in [0.15, 0.2) is 72.9 Å². The maximum atomic E-state index is 11.1. The second kappa shape index (κ2) is 5.82. The average Bonchev–Trinajstić information content (AvgIpc) is 2.41. The molecule has 0 bridgehead atoms. The lowest BCUT2D eigenvalue weighted by Crippen LogP contribution is -2.08. The van der Waals surface area contributed by atoms with E-state index in [0.29, 0.717) is 0 Å². The van der Waals surface area contributed by atoms with Crippen molar-refractivity contribution in [3.8, 4) is 0 Å². The summed E-state index contributed by atoms with van der Waals surface area (Å²) in [5, 5.41) is 0. The summed E-state index contributed by atoms with van der Waals surface area (Å²) in [6.45, 7) is 1.55. The second-order valence-electron chi connectivity index (χ2n) is 3.97. The molecule has 0 aliphatic heterocycles. The zero-order chi connectivity index (χ0) is 12.8. The first-order valence-electron chi connectivity index (χ1n) is 5.85. The van der Waals surface area contributed by atoms with Crippen LogP contribution in [0.4, 0.5) is 11.4 Å². The molecule has 0 atom stereocenters. The van der Waals surface area contributed by atoms with Crippen LogP contribution in [0.1, 0.15) is 6.92 Å².